The van der Waals surface area contributed by atoms with Gasteiger partial charge in [-0.3, -0.25) is 9.00 Å². The Morgan fingerprint density at radius 2 is 2.08 bits per heavy atom. The van der Waals surface area contributed by atoms with E-state index in [1.54, 1.807) is 12.1 Å². The van der Waals surface area contributed by atoms with E-state index in [4.69, 9.17) is 0 Å². The van der Waals surface area contributed by atoms with Gasteiger partial charge in [0.1, 0.15) is 0 Å². The molecule has 1 aliphatic rings. The van der Waals surface area contributed by atoms with E-state index in [9.17, 15) is 9.00 Å². The molecule has 2 unspecified atom stereocenters. The van der Waals surface area contributed by atoms with Crippen LogP contribution in [0.25, 0.3) is 0 Å². The van der Waals surface area contributed by atoms with Gasteiger partial charge in [-0.05, 0) is 6.07 Å². The molecule has 0 aliphatic carbocycles. The molecule has 1 aromatic rings. The Bertz CT molecular complexity index is 384. The first-order valence-electron chi connectivity index (χ1n) is 4.23. The Morgan fingerprint density at radius 3 is 2.85 bits per heavy atom. The van der Waals surface area contributed by atoms with Gasteiger partial charge < -0.3 is 0 Å². The van der Waals surface area contributed by atoms with Crippen molar-refractivity contribution >= 4 is 16.6 Å². The minimum atomic E-state index is -1.00. The highest BCUT2D eigenvalue weighted by molar-refractivity contribution is 7.86. The third kappa shape index (κ3) is 1.33. The summed E-state index contributed by atoms with van der Waals surface area (Å²) < 4.78 is 11.7. The Hall–Kier alpha value is -0.960. The first-order chi connectivity index (χ1) is 6.20. The van der Waals surface area contributed by atoms with Crippen molar-refractivity contribution in [2.45, 2.75) is 23.5 Å². The van der Waals surface area contributed by atoms with E-state index >= 15 is 0 Å². The molecule has 3 heteroatoms. The molecule has 0 bridgehead atoms. The molecule has 0 spiro atoms. The molecule has 1 heterocycles. The maximum absolute atomic E-state index is 11.7. The molecule has 0 saturated heterocycles. The van der Waals surface area contributed by atoms with Crippen molar-refractivity contribution in [1.29, 1.82) is 0 Å². The standard InChI is InChI=1S/C10H10O2S/c1-7-6-9(11)8-4-2-3-5-10(8)13(7)12/h2-5,7H,6H2,1H3. The largest absolute Gasteiger partial charge is 0.294 e. The van der Waals surface area contributed by atoms with Crippen LogP contribution in [0.1, 0.15) is 23.7 Å². The number of hydrogen-bond donors (Lipinski definition) is 0. The number of Topliss-reactive ketones (excluding diaryl/α,β-unsaturated/α-hetero) is 1. The van der Waals surface area contributed by atoms with Gasteiger partial charge in [0, 0.05) is 22.1 Å². The number of ketones is 1. The Balaban J connectivity index is 2.60. The molecule has 0 aromatic heterocycles. The van der Waals surface area contributed by atoms with Gasteiger partial charge in [0.25, 0.3) is 0 Å². The van der Waals surface area contributed by atoms with E-state index < -0.39 is 10.8 Å². The van der Waals surface area contributed by atoms with Gasteiger partial charge >= 0.3 is 0 Å². The average molecular weight is 194 g/mol. The predicted octanol–water partition coefficient (Wildman–Crippen LogP) is 1.77. The maximum atomic E-state index is 11.7. The number of carbonyl (C=O) groups excluding carboxylic acids is 1. The van der Waals surface area contributed by atoms with Gasteiger partial charge in [0.15, 0.2) is 5.78 Å². The fourth-order valence-electron chi connectivity index (χ4n) is 1.54. The first-order valence-corrected chi connectivity index (χ1v) is 5.44. The van der Waals surface area contributed by atoms with Crippen molar-refractivity contribution in [3.05, 3.63) is 29.8 Å². The molecule has 0 saturated carbocycles. The van der Waals surface area contributed by atoms with E-state index in [0.717, 1.165) is 0 Å². The molecule has 2 rings (SSSR count). The number of fused-ring (bicyclic) bond motifs is 1. The van der Waals surface area contributed by atoms with Crippen molar-refractivity contribution in [2.75, 3.05) is 0 Å². The number of benzene rings is 1. The SMILES string of the molecule is CC1CC(=O)c2ccccc2S1=O. The second-order valence-corrected chi connectivity index (χ2v) is 5.07. The zero-order valence-electron chi connectivity index (χ0n) is 7.32. The van der Waals surface area contributed by atoms with Gasteiger partial charge in [-0.25, -0.2) is 0 Å². The normalized spacial score (nSPS) is 27.0. The first kappa shape index (κ1) is 8.63. The van der Waals surface area contributed by atoms with E-state index in [1.165, 1.54) is 0 Å². The lowest BCUT2D eigenvalue weighted by Gasteiger charge is -2.19. The summed E-state index contributed by atoms with van der Waals surface area (Å²) in [5.74, 6) is 0.114. The third-order valence-electron chi connectivity index (χ3n) is 2.24. The Labute approximate surface area is 79.4 Å². The lowest BCUT2D eigenvalue weighted by molar-refractivity contribution is 0.0977. The minimum absolute atomic E-state index is 0.0394. The monoisotopic (exact) mass is 194 g/mol. The van der Waals surface area contributed by atoms with E-state index in [1.807, 2.05) is 19.1 Å². The summed E-state index contributed by atoms with van der Waals surface area (Å²) in [4.78, 5) is 12.2. The van der Waals surface area contributed by atoms with Crippen LogP contribution in [0.15, 0.2) is 29.2 Å². The molecule has 2 atom stereocenters. The Morgan fingerprint density at radius 1 is 1.38 bits per heavy atom. The molecule has 0 N–H and O–H groups in total. The quantitative estimate of drug-likeness (QED) is 0.630. The molecule has 0 amide bonds. The van der Waals surface area contributed by atoms with Gasteiger partial charge in [-0.1, -0.05) is 25.1 Å². The summed E-state index contributed by atoms with van der Waals surface area (Å²) in [5, 5.41) is -0.0394. The van der Waals surface area contributed by atoms with Crippen LogP contribution >= 0.6 is 0 Å². The van der Waals surface area contributed by atoms with Gasteiger partial charge in [0.05, 0.1) is 10.8 Å². The molecule has 0 radical (unpaired) electrons. The van der Waals surface area contributed by atoms with Gasteiger partial charge in [-0.2, -0.15) is 0 Å². The summed E-state index contributed by atoms with van der Waals surface area (Å²) in [5.41, 5.74) is 0.638. The molecule has 1 aromatic carbocycles. The topological polar surface area (TPSA) is 34.1 Å². The van der Waals surface area contributed by atoms with Crippen LogP contribution < -0.4 is 0 Å². The van der Waals surface area contributed by atoms with Crippen LogP contribution in [0, 0.1) is 0 Å². The molecular weight excluding hydrogens is 184 g/mol. The van der Waals surface area contributed by atoms with Crippen LogP contribution in [0.2, 0.25) is 0 Å². The van der Waals surface area contributed by atoms with Crippen LogP contribution in [-0.4, -0.2) is 15.2 Å². The highest BCUT2D eigenvalue weighted by atomic mass is 32.2. The molecule has 1 aliphatic heterocycles. The van der Waals surface area contributed by atoms with Crippen molar-refractivity contribution in [3.63, 3.8) is 0 Å². The van der Waals surface area contributed by atoms with Gasteiger partial charge in [0.2, 0.25) is 0 Å². The summed E-state index contributed by atoms with van der Waals surface area (Å²) >= 11 is 0. The molecule has 68 valence electrons. The highest BCUT2D eigenvalue weighted by Crippen LogP contribution is 2.25. The minimum Gasteiger partial charge on any atom is -0.294 e. The van der Waals surface area contributed by atoms with Crippen LogP contribution in [0.5, 0.6) is 0 Å². The smallest absolute Gasteiger partial charge is 0.165 e. The fourth-order valence-corrected chi connectivity index (χ4v) is 2.88. The van der Waals surface area contributed by atoms with Crippen molar-refractivity contribution in [3.8, 4) is 0 Å². The summed E-state index contributed by atoms with van der Waals surface area (Å²) in [6.07, 6.45) is 0.406. The maximum Gasteiger partial charge on any atom is 0.165 e. The second-order valence-electron chi connectivity index (χ2n) is 3.23. The van der Waals surface area contributed by atoms with Crippen LogP contribution in [0.3, 0.4) is 0 Å². The second kappa shape index (κ2) is 3.07. The number of hydrogen-bond acceptors (Lipinski definition) is 2. The van der Waals surface area contributed by atoms with Crippen LogP contribution in [-0.2, 0) is 10.8 Å². The summed E-state index contributed by atoms with van der Waals surface area (Å²) in [7, 11) is -1.00. The zero-order valence-corrected chi connectivity index (χ0v) is 8.14. The Kier molecular flexibility index (Phi) is 2.04. The summed E-state index contributed by atoms with van der Waals surface area (Å²) in [6.45, 7) is 1.85. The fraction of sp³-hybridized carbons (Fsp3) is 0.300. The van der Waals surface area contributed by atoms with Crippen molar-refractivity contribution < 1.29 is 9.00 Å². The number of carbonyl (C=O) groups is 1. The predicted molar refractivity (Wildman–Crippen MR) is 51.3 cm³/mol. The highest BCUT2D eigenvalue weighted by Gasteiger charge is 2.27. The van der Waals surface area contributed by atoms with E-state index in [-0.39, 0.29) is 11.0 Å². The molecule has 2 nitrogen and oxygen atoms in total. The van der Waals surface area contributed by atoms with Crippen LogP contribution in [0.4, 0.5) is 0 Å². The van der Waals surface area contributed by atoms with E-state index in [2.05, 4.69) is 0 Å². The van der Waals surface area contributed by atoms with Crippen molar-refractivity contribution in [1.82, 2.24) is 0 Å². The molecule has 0 fully saturated rings. The summed E-state index contributed by atoms with van der Waals surface area (Å²) in [6, 6.07) is 7.16. The lowest BCUT2D eigenvalue weighted by atomic mass is 10.1. The number of rotatable bonds is 0. The van der Waals surface area contributed by atoms with E-state index in [0.29, 0.717) is 16.9 Å². The third-order valence-corrected chi connectivity index (χ3v) is 3.93. The lowest BCUT2D eigenvalue weighted by Crippen LogP contribution is -2.24. The van der Waals surface area contributed by atoms with Gasteiger partial charge in [-0.15, -0.1) is 0 Å². The van der Waals surface area contributed by atoms with Crippen molar-refractivity contribution in [2.24, 2.45) is 0 Å². The zero-order chi connectivity index (χ0) is 9.42. The molecule has 13 heavy (non-hydrogen) atoms. The molecular formula is C10H10O2S. The average Bonchev–Trinajstić information content (AvgIpc) is 2.15.